The van der Waals surface area contributed by atoms with Gasteiger partial charge in [-0.25, -0.2) is 4.79 Å². The second-order valence-corrected chi connectivity index (χ2v) is 7.99. The second-order valence-electron chi connectivity index (χ2n) is 7.99. The number of aliphatic hydroxyl groups excluding tert-OH is 2. The minimum atomic E-state index is -1.69. The molecule has 0 bridgehead atoms. The monoisotopic (exact) mass is 484 g/mol. The van der Waals surface area contributed by atoms with Gasteiger partial charge in [-0.05, 0) is 17.7 Å². The summed E-state index contributed by atoms with van der Waals surface area (Å²) in [5.41, 5.74) is -0.761. The molecule has 0 aliphatic carbocycles. The Kier molecular flexibility index (Phi) is 7.25. The van der Waals surface area contributed by atoms with Crippen LogP contribution in [-0.4, -0.2) is 55.9 Å². The Bertz CT molecular complexity index is 1270. The fraction of sp³-hybridized carbons (Fsp3) is 0.304. The molecule has 0 saturated carbocycles. The van der Waals surface area contributed by atoms with Gasteiger partial charge >= 0.3 is 5.69 Å². The van der Waals surface area contributed by atoms with Crippen LogP contribution in [-0.2, 0) is 27.3 Å². The van der Waals surface area contributed by atoms with Crippen LogP contribution in [0.2, 0.25) is 0 Å². The Morgan fingerprint density at radius 1 is 1.06 bits per heavy atom. The van der Waals surface area contributed by atoms with Gasteiger partial charge in [0.15, 0.2) is 12.3 Å². The van der Waals surface area contributed by atoms with E-state index in [1.807, 2.05) is 11.1 Å². The molecule has 12 nitrogen and oxygen atoms in total. The number of amides is 2. The number of rotatable bonds is 8. The van der Waals surface area contributed by atoms with Gasteiger partial charge in [0.2, 0.25) is 5.91 Å². The average molecular weight is 484 g/mol. The van der Waals surface area contributed by atoms with Crippen LogP contribution >= 0.6 is 0 Å². The van der Waals surface area contributed by atoms with Crippen LogP contribution in [0.25, 0.3) is 0 Å². The smallest absolute Gasteiger partial charge is 0.330 e. The van der Waals surface area contributed by atoms with Gasteiger partial charge in [-0.2, -0.15) is 0 Å². The summed E-state index contributed by atoms with van der Waals surface area (Å²) < 4.78 is 11.6. The zero-order valence-corrected chi connectivity index (χ0v) is 18.4. The molecule has 35 heavy (non-hydrogen) atoms. The van der Waals surface area contributed by atoms with Crippen molar-refractivity contribution < 1.29 is 29.0 Å². The first-order valence-corrected chi connectivity index (χ1v) is 10.8. The number of aliphatic hydroxyl groups is 2. The van der Waals surface area contributed by atoms with Crippen LogP contribution in [0, 0.1) is 0 Å². The molecular weight excluding hydrogens is 460 g/mol. The number of carbonyl (C=O) groups is 2. The van der Waals surface area contributed by atoms with E-state index in [1.54, 1.807) is 36.4 Å². The second kappa shape index (κ2) is 10.5. The largest absolute Gasteiger partial charge is 0.467 e. The Morgan fingerprint density at radius 2 is 1.83 bits per heavy atom. The predicted octanol–water partition coefficient (Wildman–Crippen LogP) is -1.21. The normalized spacial score (nSPS) is 22.5. The Balaban J connectivity index is 1.49. The third kappa shape index (κ3) is 5.57. The van der Waals surface area contributed by atoms with Gasteiger partial charge in [-0.1, -0.05) is 30.3 Å². The van der Waals surface area contributed by atoms with Crippen LogP contribution in [0.1, 0.15) is 17.6 Å². The SMILES string of the molecule is O=C(N[C@H](Cc1ccccc1)C(=O)NCc1ccco1)[C@H]1O[C@@H](n2ccc(=O)[nH]c2=O)[C@H](O)[C@@H]1O. The number of H-pyrrole nitrogens is 1. The van der Waals surface area contributed by atoms with Crippen molar-refractivity contribution in [2.75, 3.05) is 0 Å². The molecule has 1 saturated heterocycles. The molecule has 0 unspecified atom stereocenters. The molecule has 4 rings (SSSR count). The molecule has 1 aliphatic rings. The first-order valence-electron chi connectivity index (χ1n) is 10.8. The maximum Gasteiger partial charge on any atom is 0.330 e. The van der Waals surface area contributed by atoms with E-state index >= 15 is 0 Å². The van der Waals surface area contributed by atoms with E-state index < -0.39 is 53.6 Å². The summed E-state index contributed by atoms with van der Waals surface area (Å²) in [4.78, 5) is 51.3. The van der Waals surface area contributed by atoms with E-state index in [0.29, 0.717) is 5.76 Å². The molecule has 1 aromatic carbocycles. The number of furan rings is 1. The molecule has 3 heterocycles. The van der Waals surface area contributed by atoms with Gasteiger partial charge in [-0.3, -0.25) is 23.9 Å². The summed E-state index contributed by atoms with van der Waals surface area (Å²) >= 11 is 0. The fourth-order valence-corrected chi connectivity index (χ4v) is 3.76. The van der Waals surface area contributed by atoms with Crippen molar-refractivity contribution in [2.24, 2.45) is 0 Å². The van der Waals surface area contributed by atoms with Crippen molar-refractivity contribution in [2.45, 2.75) is 43.5 Å². The lowest BCUT2D eigenvalue weighted by Gasteiger charge is -2.21. The molecule has 5 atom stereocenters. The number of ether oxygens (including phenoxy) is 1. The van der Waals surface area contributed by atoms with Gasteiger partial charge in [0.25, 0.3) is 11.5 Å². The van der Waals surface area contributed by atoms with Gasteiger partial charge in [0, 0.05) is 18.7 Å². The van der Waals surface area contributed by atoms with E-state index in [1.165, 1.54) is 6.26 Å². The highest BCUT2D eigenvalue weighted by Gasteiger charge is 2.48. The van der Waals surface area contributed by atoms with E-state index in [9.17, 15) is 29.4 Å². The van der Waals surface area contributed by atoms with Crippen LogP contribution in [0.4, 0.5) is 0 Å². The zero-order valence-electron chi connectivity index (χ0n) is 18.4. The van der Waals surface area contributed by atoms with Crippen LogP contribution in [0.15, 0.2) is 75.0 Å². The van der Waals surface area contributed by atoms with E-state index in [-0.39, 0.29) is 13.0 Å². The lowest BCUT2D eigenvalue weighted by atomic mass is 10.0. The fourth-order valence-electron chi connectivity index (χ4n) is 3.76. The molecule has 2 aromatic heterocycles. The number of nitrogens with zero attached hydrogens (tertiary/aromatic N) is 1. The number of aromatic amines is 1. The summed E-state index contributed by atoms with van der Waals surface area (Å²) in [7, 11) is 0. The predicted molar refractivity (Wildman–Crippen MR) is 120 cm³/mol. The Morgan fingerprint density at radius 3 is 2.51 bits per heavy atom. The molecule has 0 spiro atoms. The number of aromatic nitrogens is 2. The Hall–Kier alpha value is -4.00. The molecule has 0 radical (unpaired) electrons. The van der Waals surface area contributed by atoms with Crippen molar-refractivity contribution in [1.82, 2.24) is 20.2 Å². The van der Waals surface area contributed by atoms with E-state index in [4.69, 9.17) is 9.15 Å². The van der Waals surface area contributed by atoms with Crippen LogP contribution in [0.3, 0.4) is 0 Å². The molecule has 3 aromatic rings. The first-order chi connectivity index (χ1) is 16.8. The standard InChI is InChI=1S/C23H24N4O8/c28-16-8-9-27(23(33)26-16)22-18(30)17(29)19(35-22)21(32)25-15(11-13-5-2-1-3-6-13)20(31)24-12-14-7-4-10-34-14/h1-10,15,17-19,22,29-30H,11-12H2,(H,24,31)(H,25,32)(H,26,28,33)/t15-,17+,18-,19+,22-/m1/s1. The van der Waals surface area contributed by atoms with E-state index in [0.717, 1.165) is 22.4 Å². The lowest BCUT2D eigenvalue weighted by molar-refractivity contribution is -0.141. The third-order valence-corrected chi connectivity index (χ3v) is 5.55. The number of hydrogen-bond acceptors (Lipinski definition) is 8. The van der Waals surface area contributed by atoms with Crippen LogP contribution < -0.4 is 21.9 Å². The number of carbonyl (C=O) groups excluding carboxylic acids is 2. The molecule has 1 fully saturated rings. The van der Waals surface area contributed by atoms with Crippen molar-refractivity contribution >= 4 is 11.8 Å². The maximum absolute atomic E-state index is 13.0. The molecule has 5 N–H and O–H groups in total. The highest BCUT2D eigenvalue weighted by atomic mass is 16.6. The van der Waals surface area contributed by atoms with E-state index in [2.05, 4.69) is 10.6 Å². The lowest BCUT2D eigenvalue weighted by Crippen LogP contribution is -2.52. The van der Waals surface area contributed by atoms with Crippen molar-refractivity contribution in [1.29, 1.82) is 0 Å². The Labute approximate surface area is 198 Å². The zero-order chi connectivity index (χ0) is 24.9. The molecule has 1 aliphatic heterocycles. The van der Waals surface area contributed by atoms with Crippen LogP contribution in [0.5, 0.6) is 0 Å². The molecule has 184 valence electrons. The quantitative estimate of drug-likeness (QED) is 0.265. The molecule has 2 amide bonds. The number of hydrogen-bond donors (Lipinski definition) is 5. The van der Waals surface area contributed by atoms with Gasteiger partial charge in [-0.15, -0.1) is 0 Å². The highest BCUT2D eigenvalue weighted by molar-refractivity contribution is 5.90. The summed E-state index contributed by atoms with van der Waals surface area (Å²) in [6.07, 6.45) is -3.64. The number of benzene rings is 1. The maximum atomic E-state index is 13.0. The minimum absolute atomic E-state index is 0.103. The molecular formula is C23H24N4O8. The summed E-state index contributed by atoms with van der Waals surface area (Å²) in [6, 6.07) is 12.4. The highest BCUT2D eigenvalue weighted by Crippen LogP contribution is 2.28. The summed E-state index contributed by atoms with van der Waals surface area (Å²) in [5.74, 6) is -0.833. The minimum Gasteiger partial charge on any atom is -0.467 e. The summed E-state index contributed by atoms with van der Waals surface area (Å²) in [6.45, 7) is 0.103. The first kappa shape index (κ1) is 24.1. The van der Waals surface area contributed by atoms with Gasteiger partial charge < -0.3 is 30.0 Å². The van der Waals surface area contributed by atoms with Crippen molar-refractivity contribution in [3.8, 4) is 0 Å². The van der Waals surface area contributed by atoms with Crippen molar-refractivity contribution in [3.05, 3.63) is 93.2 Å². The summed E-state index contributed by atoms with van der Waals surface area (Å²) in [5, 5.41) is 26.1. The third-order valence-electron chi connectivity index (χ3n) is 5.55. The van der Waals surface area contributed by atoms with Gasteiger partial charge in [0.1, 0.15) is 24.0 Å². The number of nitrogens with one attached hydrogen (secondary N) is 3. The topological polar surface area (TPSA) is 176 Å². The molecule has 12 heteroatoms. The average Bonchev–Trinajstić information content (AvgIpc) is 3.46. The van der Waals surface area contributed by atoms with Gasteiger partial charge in [0.05, 0.1) is 12.8 Å². The van der Waals surface area contributed by atoms with Crippen molar-refractivity contribution in [3.63, 3.8) is 0 Å².